The monoisotopic (exact) mass is 376 g/mol. The second-order valence-electron chi connectivity index (χ2n) is 6.54. The van der Waals surface area contributed by atoms with E-state index in [1.54, 1.807) is 11.3 Å². The highest BCUT2D eigenvalue weighted by Gasteiger charge is 2.29. The summed E-state index contributed by atoms with van der Waals surface area (Å²) < 4.78 is 19.3. The molecule has 1 aromatic carbocycles. The van der Waals surface area contributed by atoms with Crippen molar-refractivity contribution < 1.29 is 13.9 Å². The Morgan fingerprint density at radius 3 is 3.00 bits per heavy atom. The topological polar surface area (TPSA) is 55.6 Å². The zero-order chi connectivity index (χ0) is 18.4. The van der Waals surface area contributed by atoms with Crippen LogP contribution in [0, 0.1) is 5.82 Å². The first-order valence-corrected chi connectivity index (χ1v) is 10.0. The number of rotatable bonds is 7. The molecule has 1 atom stereocenters. The lowest BCUT2D eigenvalue weighted by atomic mass is 9.96. The van der Waals surface area contributed by atoms with Crippen LogP contribution in [-0.4, -0.2) is 36.5 Å². The summed E-state index contributed by atoms with van der Waals surface area (Å²) in [5.41, 5.74) is 5.78. The zero-order valence-corrected chi connectivity index (χ0v) is 15.6. The molecule has 2 aromatic rings. The molecule has 0 radical (unpaired) electrons. The van der Waals surface area contributed by atoms with Crippen molar-refractivity contribution >= 4 is 17.2 Å². The van der Waals surface area contributed by atoms with Gasteiger partial charge in [-0.3, -0.25) is 4.79 Å². The van der Waals surface area contributed by atoms with E-state index in [1.807, 2.05) is 4.90 Å². The number of benzene rings is 1. The molecule has 1 aliphatic heterocycles. The normalized spacial score (nSPS) is 17.3. The van der Waals surface area contributed by atoms with E-state index in [4.69, 9.17) is 10.5 Å². The molecule has 0 saturated carbocycles. The summed E-state index contributed by atoms with van der Waals surface area (Å²) in [6, 6.07) is 8.47. The molecule has 3 rings (SSSR count). The maximum Gasteiger partial charge on any atom is 0.257 e. The minimum atomic E-state index is -0.430. The Balaban J connectivity index is 1.76. The average Bonchev–Trinajstić information content (AvgIpc) is 3.18. The molecule has 2 heterocycles. The highest BCUT2D eigenvalue weighted by molar-refractivity contribution is 7.09. The van der Waals surface area contributed by atoms with Crippen LogP contribution in [0.3, 0.4) is 0 Å². The first-order valence-electron chi connectivity index (χ1n) is 9.15. The number of carbonyl (C=O) groups is 1. The van der Waals surface area contributed by atoms with Crippen LogP contribution >= 0.6 is 11.3 Å². The fraction of sp³-hybridized carbons (Fsp3) is 0.450. The molecule has 0 bridgehead atoms. The van der Waals surface area contributed by atoms with E-state index in [1.165, 1.54) is 23.1 Å². The number of aryl methyl sites for hydroxylation is 1. The van der Waals surface area contributed by atoms with Crippen LogP contribution in [0.4, 0.5) is 4.39 Å². The van der Waals surface area contributed by atoms with Gasteiger partial charge >= 0.3 is 0 Å². The Morgan fingerprint density at radius 2 is 2.23 bits per heavy atom. The van der Waals surface area contributed by atoms with Gasteiger partial charge in [0.1, 0.15) is 18.2 Å². The number of hydrogen-bond donors (Lipinski definition) is 1. The largest absolute Gasteiger partial charge is 0.491 e. The van der Waals surface area contributed by atoms with Crippen molar-refractivity contribution in [2.24, 2.45) is 5.73 Å². The lowest BCUT2D eigenvalue weighted by Gasteiger charge is -2.36. The van der Waals surface area contributed by atoms with Gasteiger partial charge in [0, 0.05) is 24.0 Å². The van der Waals surface area contributed by atoms with Crippen LogP contribution in [0.2, 0.25) is 0 Å². The molecule has 2 N–H and O–H groups in total. The Bertz CT molecular complexity index is 721. The molecule has 6 heteroatoms. The second-order valence-corrected chi connectivity index (χ2v) is 7.58. The van der Waals surface area contributed by atoms with Crippen molar-refractivity contribution in [2.45, 2.75) is 38.1 Å². The van der Waals surface area contributed by atoms with Gasteiger partial charge < -0.3 is 15.4 Å². The number of ether oxygens (including phenoxy) is 1. The maximum absolute atomic E-state index is 13.8. The van der Waals surface area contributed by atoms with Crippen LogP contribution < -0.4 is 10.5 Å². The van der Waals surface area contributed by atoms with E-state index in [0.717, 1.165) is 32.1 Å². The third-order valence-electron chi connectivity index (χ3n) is 4.74. The predicted octanol–water partition coefficient (Wildman–Crippen LogP) is 3.85. The van der Waals surface area contributed by atoms with Gasteiger partial charge in [-0.05, 0) is 61.7 Å². The standard InChI is InChI=1S/C20H25FN2O2S/c21-15-6-9-19(25-12-10-22)18(14-15)20(24)23-11-2-1-4-16(23)7-8-17-5-3-13-26-17/h3,5-6,9,13-14,16H,1-2,4,7-8,10-12,22H2. The van der Waals surface area contributed by atoms with Gasteiger partial charge in [0.2, 0.25) is 0 Å². The third-order valence-corrected chi connectivity index (χ3v) is 5.68. The summed E-state index contributed by atoms with van der Waals surface area (Å²) in [7, 11) is 0. The lowest BCUT2D eigenvalue weighted by molar-refractivity contribution is 0.0597. The molecule has 4 nitrogen and oxygen atoms in total. The zero-order valence-electron chi connectivity index (χ0n) is 14.8. The van der Waals surface area contributed by atoms with Crippen LogP contribution in [0.5, 0.6) is 5.75 Å². The molecule has 1 aliphatic rings. The van der Waals surface area contributed by atoms with E-state index in [0.29, 0.717) is 31.0 Å². The highest BCUT2D eigenvalue weighted by atomic mass is 32.1. The van der Waals surface area contributed by atoms with E-state index >= 15 is 0 Å². The third kappa shape index (κ3) is 4.62. The van der Waals surface area contributed by atoms with Gasteiger partial charge in [0.05, 0.1) is 5.56 Å². The smallest absolute Gasteiger partial charge is 0.257 e. The molecule has 1 fully saturated rings. The maximum atomic E-state index is 13.8. The molecule has 140 valence electrons. The summed E-state index contributed by atoms with van der Waals surface area (Å²) in [5.74, 6) is -0.169. The van der Waals surface area contributed by atoms with Crippen molar-refractivity contribution in [1.82, 2.24) is 4.90 Å². The number of carbonyl (C=O) groups excluding carboxylic acids is 1. The summed E-state index contributed by atoms with van der Waals surface area (Å²) >= 11 is 1.75. The summed E-state index contributed by atoms with van der Waals surface area (Å²) in [6.45, 7) is 1.35. The van der Waals surface area contributed by atoms with E-state index in [9.17, 15) is 9.18 Å². The van der Waals surface area contributed by atoms with Crippen molar-refractivity contribution in [3.05, 3.63) is 52.0 Å². The first-order chi connectivity index (χ1) is 12.7. The van der Waals surface area contributed by atoms with Crippen LogP contribution in [0.15, 0.2) is 35.7 Å². The molecular formula is C20H25FN2O2S. The van der Waals surface area contributed by atoms with E-state index in [-0.39, 0.29) is 11.9 Å². The molecule has 1 aromatic heterocycles. The molecule has 0 spiro atoms. The Labute approximate surface area is 157 Å². The second kappa shape index (κ2) is 9.14. The first kappa shape index (κ1) is 18.9. The van der Waals surface area contributed by atoms with Gasteiger partial charge in [-0.15, -0.1) is 11.3 Å². The van der Waals surface area contributed by atoms with Gasteiger partial charge in [0.15, 0.2) is 0 Å². The van der Waals surface area contributed by atoms with E-state index in [2.05, 4.69) is 17.5 Å². The predicted molar refractivity (Wildman–Crippen MR) is 102 cm³/mol. The highest BCUT2D eigenvalue weighted by Crippen LogP contribution is 2.28. The molecular weight excluding hydrogens is 351 g/mol. The Hall–Kier alpha value is -1.92. The SMILES string of the molecule is NCCOc1ccc(F)cc1C(=O)N1CCCCC1CCc1cccs1. The van der Waals surface area contributed by atoms with Gasteiger partial charge in [-0.1, -0.05) is 6.07 Å². The van der Waals surface area contributed by atoms with Crippen molar-refractivity contribution in [3.8, 4) is 5.75 Å². The van der Waals surface area contributed by atoms with E-state index < -0.39 is 5.82 Å². The minimum Gasteiger partial charge on any atom is -0.491 e. The summed E-state index contributed by atoms with van der Waals surface area (Å²) in [6.07, 6.45) is 4.99. The summed E-state index contributed by atoms with van der Waals surface area (Å²) in [5, 5.41) is 2.08. The van der Waals surface area contributed by atoms with Gasteiger partial charge in [0.25, 0.3) is 5.91 Å². The molecule has 1 unspecified atom stereocenters. The molecule has 1 amide bonds. The number of halogens is 1. The number of amides is 1. The minimum absolute atomic E-state index is 0.146. The Kier molecular flexibility index (Phi) is 6.63. The number of likely N-dealkylation sites (tertiary alicyclic amines) is 1. The number of thiophene rings is 1. The van der Waals surface area contributed by atoms with Crippen LogP contribution in [-0.2, 0) is 6.42 Å². The number of hydrogen-bond acceptors (Lipinski definition) is 4. The Morgan fingerprint density at radius 1 is 1.35 bits per heavy atom. The molecule has 26 heavy (non-hydrogen) atoms. The van der Waals surface area contributed by atoms with Crippen LogP contribution in [0.1, 0.15) is 40.9 Å². The van der Waals surface area contributed by atoms with Crippen molar-refractivity contribution in [3.63, 3.8) is 0 Å². The molecule has 1 saturated heterocycles. The average molecular weight is 376 g/mol. The van der Waals surface area contributed by atoms with Gasteiger partial charge in [-0.25, -0.2) is 4.39 Å². The number of piperidine rings is 1. The number of nitrogens with zero attached hydrogens (tertiary/aromatic N) is 1. The number of nitrogens with two attached hydrogens (primary N) is 1. The quantitative estimate of drug-likeness (QED) is 0.798. The lowest BCUT2D eigenvalue weighted by Crippen LogP contribution is -2.44. The fourth-order valence-electron chi connectivity index (χ4n) is 3.45. The summed E-state index contributed by atoms with van der Waals surface area (Å²) in [4.78, 5) is 16.4. The van der Waals surface area contributed by atoms with Crippen LogP contribution in [0.25, 0.3) is 0 Å². The van der Waals surface area contributed by atoms with Gasteiger partial charge in [-0.2, -0.15) is 0 Å². The van der Waals surface area contributed by atoms with Crippen molar-refractivity contribution in [1.29, 1.82) is 0 Å². The van der Waals surface area contributed by atoms with Crippen molar-refractivity contribution in [2.75, 3.05) is 19.7 Å². The fourth-order valence-corrected chi connectivity index (χ4v) is 4.18. The molecule has 0 aliphatic carbocycles.